The molecule has 3 aliphatic rings. The van der Waals surface area contributed by atoms with Gasteiger partial charge in [0.2, 0.25) is 5.52 Å². The molecule has 0 unspecified atom stereocenters. The lowest BCUT2D eigenvalue weighted by molar-refractivity contribution is -0.668. The Bertz CT molecular complexity index is 1700. The summed E-state index contributed by atoms with van der Waals surface area (Å²) >= 11 is 5.19. The van der Waals surface area contributed by atoms with Gasteiger partial charge in [0.25, 0.3) is 5.01 Å². The molecule has 2 aliphatic carbocycles. The Morgan fingerprint density at radius 3 is 2.60 bits per heavy atom. The highest BCUT2D eigenvalue weighted by Crippen LogP contribution is 2.50. The van der Waals surface area contributed by atoms with E-state index in [1.807, 2.05) is 18.2 Å². The number of thioether (sulfide) groups is 2. The van der Waals surface area contributed by atoms with E-state index in [4.69, 9.17) is 0 Å². The fourth-order valence-corrected chi connectivity index (χ4v) is 8.33. The summed E-state index contributed by atoms with van der Waals surface area (Å²) in [6.45, 7) is 6.24. The molecule has 0 spiro atoms. The molecule has 6 heteroatoms. The third-order valence-electron chi connectivity index (χ3n) is 6.87. The van der Waals surface area contributed by atoms with E-state index in [-0.39, 0.29) is 5.78 Å². The van der Waals surface area contributed by atoms with Crippen molar-refractivity contribution in [3.8, 4) is 0 Å². The van der Waals surface area contributed by atoms with E-state index < -0.39 is 0 Å². The maximum Gasteiger partial charge on any atom is 0.263 e. The largest absolute Gasteiger partial charge is 0.335 e. The van der Waals surface area contributed by atoms with E-state index in [1.165, 1.54) is 20.8 Å². The molecule has 0 atom stereocenters. The van der Waals surface area contributed by atoms with Crippen LogP contribution in [0.1, 0.15) is 31.7 Å². The van der Waals surface area contributed by atoms with E-state index in [0.717, 1.165) is 56.9 Å². The van der Waals surface area contributed by atoms with Crippen molar-refractivity contribution in [1.82, 2.24) is 0 Å². The number of ketones is 1. The molecular weight excluding hydrogens is 549 g/mol. The summed E-state index contributed by atoms with van der Waals surface area (Å²) in [5, 5.41) is 2.24. The van der Waals surface area contributed by atoms with Crippen LogP contribution in [0, 0.1) is 0 Å². The Morgan fingerprint density at radius 2 is 1.73 bits per heavy atom. The van der Waals surface area contributed by atoms with Crippen LogP contribution in [0.15, 0.2) is 128 Å². The second kappa shape index (κ2) is 12.0. The minimum atomic E-state index is 0.120. The first-order valence-electron chi connectivity index (χ1n) is 13.8. The monoisotopic (exact) mass is 579 g/mol. The molecule has 0 N–H and O–H groups in total. The van der Waals surface area contributed by atoms with Crippen molar-refractivity contribution >= 4 is 62.6 Å². The molecule has 0 radical (unpaired) electrons. The number of carbonyl (C=O) groups excluding carboxylic acids is 1. The zero-order chi connectivity index (χ0) is 27.5. The number of carbonyl (C=O) groups is 1. The number of Topliss-reactive ketones (excluding diaryl/α,β-unsaturated/α-hetero) is 1. The van der Waals surface area contributed by atoms with Crippen LogP contribution in [0.5, 0.6) is 0 Å². The standard InChI is InChI=1S/C34H31N2OS3/c1-3-20-35-27-16-10-12-18-29(27)39-31(35)22-25-33(37)26(34(25)38-24-14-8-6-5-7-9-15-24)23-32-36(21-4-2)28-17-11-13-19-30(28)40-32/h5-19,22-23H,3-4,20-21H2,1-2H3/q+1/b6-5+,7-5?,8-6?,9-7+,14-8?,15-9?,24-14?,24-15?. The van der Waals surface area contributed by atoms with Crippen LogP contribution >= 0.6 is 34.9 Å². The number of nitrogens with zero attached hydrogens (tertiary/aromatic N) is 2. The van der Waals surface area contributed by atoms with Crippen LogP contribution in [-0.4, -0.2) is 12.3 Å². The number of aryl methyl sites for hydroxylation is 1. The highest BCUT2D eigenvalue weighted by molar-refractivity contribution is 8.07. The zero-order valence-corrected chi connectivity index (χ0v) is 25.1. The van der Waals surface area contributed by atoms with E-state index >= 15 is 0 Å². The molecule has 200 valence electrons. The maximum atomic E-state index is 13.9. The Hall–Kier alpha value is -3.32. The first-order valence-corrected chi connectivity index (χ1v) is 16.2. The van der Waals surface area contributed by atoms with Gasteiger partial charge in [0.05, 0.1) is 10.7 Å². The van der Waals surface area contributed by atoms with Gasteiger partial charge in [0.1, 0.15) is 11.2 Å². The van der Waals surface area contributed by atoms with E-state index in [2.05, 4.69) is 108 Å². The molecule has 1 aromatic heterocycles. The lowest BCUT2D eigenvalue weighted by atomic mass is 9.89. The van der Waals surface area contributed by atoms with Gasteiger partial charge < -0.3 is 4.90 Å². The van der Waals surface area contributed by atoms with E-state index in [1.54, 1.807) is 34.9 Å². The minimum absolute atomic E-state index is 0.120. The number of para-hydroxylation sites is 2. The highest BCUT2D eigenvalue weighted by Gasteiger charge is 2.36. The Labute approximate surface area is 248 Å². The lowest BCUT2D eigenvalue weighted by Crippen LogP contribution is -2.35. The van der Waals surface area contributed by atoms with Crippen molar-refractivity contribution < 1.29 is 9.36 Å². The third-order valence-corrected chi connectivity index (χ3v) is 10.2. The number of benzene rings is 2. The predicted molar refractivity (Wildman–Crippen MR) is 173 cm³/mol. The highest BCUT2D eigenvalue weighted by atomic mass is 32.2. The predicted octanol–water partition coefficient (Wildman–Crippen LogP) is 8.98. The molecule has 2 heterocycles. The van der Waals surface area contributed by atoms with Crippen LogP contribution in [-0.2, 0) is 11.3 Å². The zero-order valence-electron chi connectivity index (χ0n) is 22.7. The fraction of sp³-hybridized carbons (Fsp3) is 0.176. The average molecular weight is 580 g/mol. The lowest BCUT2D eigenvalue weighted by Gasteiger charge is -2.26. The Morgan fingerprint density at radius 1 is 0.925 bits per heavy atom. The summed E-state index contributed by atoms with van der Waals surface area (Å²) in [6, 6.07) is 17.0. The van der Waals surface area contributed by atoms with Gasteiger partial charge in [-0.05, 0) is 42.8 Å². The van der Waals surface area contributed by atoms with Gasteiger partial charge >= 0.3 is 0 Å². The van der Waals surface area contributed by atoms with Crippen LogP contribution in [0.3, 0.4) is 0 Å². The molecule has 3 aromatic rings. The molecule has 0 bridgehead atoms. The Balaban J connectivity index is 1.45. The number of anilines is 1. The van der Waals surface area contributed by atoms with Crippen molar-refractivity contribution in [2.24, 2.45) is 0 Å². The second-order valence-electron chi connectivity index (χ2n) is 9.69. The van der Waals surface area contributed by atoms with E-state index in [9.17, 15) is 4.79 Å². The van der Waals surface area contributed by atoms with Gasteiger partial charge in [-0.3, -0.25) is 4.79 Å². The van der Waals surface area contributed by atoms with Crippen molar-refractivity contribution in [2.45, 2.75) is 38.1 Å². The maximum absolute atomic E-state index is 13.9. The summed E-state index contributed by atoms with van der Waals surface area (Å²) in [4.78, 5) is 19.6. The van der Waals surface area contributed by atoms with Crippen LogP contribution < -0.4 is 9.47 Å². The number of thiazole rings is 1. The average Bonchev–Trinajstić information content (AvgIpc) is 3.48. The summed E-state index contributed by atoms with van der Waals surface area (Å²) in [6.07, 6.45) is 20.7. The summed E-state index contributed by atoms with van der Waals surface area (Å²) < 4.78 is 3.60. The molecule has 6 rings (SSSR count). The SMILES string of the molecule is CCCN1C(=CC2=C(SC3=C/C=C/C=C/C=C3)C(=Cc3sc4ccccc4[n+]3CCC)C2=O)Sc2ccccc21. The molecule has 0 fully saturated rings. The molecule has 2 aromatic carbocycles. The summed E-state index contributed by atoms with van der Waals surface area (Å²) in [5.74, 6) is 0.120. The van der Waals surface area contributed by atoms with Gasteiger partial charge in [-0.1, -0.05) is 103 Å². The van der Waals surface area contributed by atoms with Crippen LogP contribution in [0.25, 0.3) is 16.3 Å². The topological polar surface area (TPSA) is 24.2 Å². The number of allylic oxidation sites excluding steroid dienone is 10. The van der Waals surface area contributed by atoms with Gasteiger partial charge in [-0.25, -0.2) is 0 Å². The number of hydrogen-bond acceptors (Lipinski definition) is 5. The van der Waals surface area contributed by atoms with Crippen LogP contribution in [0.2, 0.25) is 0 Å². The van der Waals surface area contributed by atoms with Crippen molar-refractivity contribution in [3.05, 3.63) is 128 Å². The smallest absolute Gasteiger partial charge is 0.263 e. The molecule has 0 saturated heterocycles. The first-order chi connectivity index (χ1) is 19.7. The van der Waals surface area contributed by atoms with Gasteiger partial charge in [-0.2, -0.15) is 4.57 Å². The fourth-order valence-electron chi connectivity index (χ4n) is 5.02. The number of aromatic nitrogens is 1. The summed E-state index contributed by atoms with van der Waals surface area (Å²) in [5.41, 5.74) is 4.05. The minimum Gasteiger partial charge on any atom is -0.335 e. The van der Waals surface area contributed by atoms with Crippen molar-refractivity contribution in [1.29, 1.82) is 0 Å². The van der Waals surface area contributed by atoms with Gasteiger partial charge in [0, 0.05) is 51.0 Å². The molecule has 0 amide bonds. The number of rotatable bonds is 8. The molecule has 40 heavy (non-hydrogen) atoms. The first kappa shape index (κ1) is 26.9. The molecular formula is C34H31N2OS3+. The molecule has 3 nitrogen and oxygen atoms in total. The van der Waals surface area contributed by atoms with Gasteiger partial charge in [0.15, 0.2) is 5.78 Å². The Kier molecular flexibility index (Phi) is 8.10. The molecule has 0 saturated carbocycles. The van der Waals surface area contributed by atoms with Crippen LogP contribution in [0.4, 0.5) is 5.69 Å². The quantitative estimate of drug-likeness (QED) is 0.196. The normalized spacial score (nSPS) is 20.1. The van der Waals surface area contributed by atoms with Crippen molar-refractivity contribution in [2.75, 3.05) is 11.4 Å². The molecule has 1 aliphatic heterocycles. The van der Waals surface area contributed by atoms with E-state index in [0.29, 0.717) is 0 Å². The van der Waals surface area contributed by atoms with Crippen molar-refractivity contribution in [3.63, 3.8) is 0 Å². The van der Waals surface area contributed by atoms with Gasteiger partial charge in [-0.15, -0.1) is 0 Å². The second-order valence-corrected chi connectivity index (χ2v) is 12.9. The number of fused-ring (bicyclic) bond motifs is 2. The third kappa shape index (κ3) is 5.24. The summed E-state index contributed by atoms with van der Waals surface area (Å²) in [7, 11) is 0. The number of hydrogen-bond donors (Lipinski definition) is 0.